The van der Waals surface area contributed by atoms with Crippen LogP contribution in [0.25, 0.3) is 0 Å². The first-order valence-electron chi connectivity index (χ1n) is 8.44. The Labute approximate surface area is 139 Å². The molecule has 1 N–H and O–H groups in total. The van der Waals surface area contributed by atoms with E-state index in [4.69, 9.17) is 9.31 Å². The molecule has 1 saturated carbocycles. The van der Waals surface area contributed by atoms with E-state index in [1.165, 1.54) is 12.8 Å². The quantitative estimate of drug-likeness (QED) is 0.869. The first-order valence-corrected chi connectivity index (χ1v) is 8.44. The van der Waals surface area contributed by atoms with Crippen molar-refractivity contribution in [3.63, 3.8) is 0 Å². The Morgan fingerprint density at radius 3 is 2.39 bits per heavy atom. The van der Waals surface area contributed by atoms with Crippen LogP contribution in [0.2, 0.25) is 0 Å². The van der Waals surface area contributed by atoms with Crippen LogP contribution in [0.5, 0.6) is 0 Å². The molecular weight excluding hydrogens is 289 g/mol. The smallest absolute Gasteiger partial charge is 0.399 e. The predicted molar refractivity (Wildman–Crippen MR) is 92.9 cm³/mol. The van der Waals surface area contributed by atoms with E-state index in [9.17, 15) is 4.79 Å². The standard InChI is InChI=1S/C18H26BNO3/c1-12-14(19-22-17(2,3)18(4,5)23-19)7-6-8-15(12)20-16(21)11-13-9-10-13/h6-8,13H,9-11H2,1-5H3,(H,20,21). The van der Waals surface area contributed by atoms with Crippen LogP contribution in [0.4, 0.5) is 5.69 Å². The van der Waals surface area contributed by atoms with Crippen LogP contribution >= 0.6 is 0 Å². The van der Waals surface area contributed by atoms with Crippen LogP contribution < -0.4 is 10.8 Å². The predicted octanol–water partition coefficient (Wildman–Crippen LogP) is 3.03. The van der Waals surface area contributed by atoms with Gasteiger partial charge in [-0.1, -0.05) is 12.1 Å². The topological polar surface area (TPSA) is 47.6 Å². The number of amides is 1. The van der Waals surface area contributed by atoms with Crippen molar-refractivity contribution in [2.45, 2.75) is 65.1 Å². The van der Waals surface area contributed by atoms with Crippen LogP contribution in [-0.2, 0) is 14.1 Å². The number of hydrogen-bond donors (Lipinski definition) is 1. The number of nitrogens with one attached hydrogen (secondary N) is 1. The van der Waals surface area contributed by atoms with E-state index in [2.05, 4.69) is 5.32 Å². The van der Waals surface area contributed by atoms with E-state index in [1.807, 2.05) is 52.8 Å². The lowest BCUT2D eigenvalue weighted by Crippen LogP contribution is -2.41. The van der Waals surface area contributed by atoms with Crippen molar-refractivity contribution in [1.29, 1.82) is 0 Å². The number of rotatable bonds is 4. The van der Waals surface area contributed by atoms with Gasteiger partial charge in [0, 0.05) is 12.1 Å². The highest BCUT2D eigenvalue weighted by Gasteiger charge is 2.52. The molecule has 1 aromatic rings. The zero-order valence-corrected chi connectivity index (χ0v) is 14.7. The van der Waals surface area contributed by atoms with Gasteiger partial charge in [-0.15, -0.1) is 0 Å². The first-order chi connectivity index (χ1) is 10.7. The van der Waals surface area contributed by atoms with Gasteiger partial charge in [0.25, 0.3) is 0 Å². The van der Waals surface area contributed by atoms with Gasteiger partial charge in [0.2, 0.25) is 5.91 Å². The molecule has 124 valence electrons. The van der Waals surface area contributed by atoms with E-state index in [-0.39, 0.29) is 17.1 Å². The van der Waals surface area contributed by atoms with E-state index in [0.717, 1.165) is 16.7 Å². The Morgan fingerprint density at radius 1 is 1.22 bits per heavy atom. The highest BCUT2D eigenvalue weighted by atomic mass is 16.7. The maximum atomic E-state index is 12.1. The third-order valence-electron chi connectivity index (χ3n) is 5.33. The minimum absolute atomic E-state index is 0.0988. The van der Waals surface area contributed by atoms with Gasteiger partial charge >= 0.3 is 7.12 Å². The second-order valence-electron chi connectivity index (χ2n) is 7.80. The molecule has 23 heavy (non-hydrogen) atoms. The Hall–Kier alpha value is -1.33. The second kappa shape index (κ2) is 5.64. The summed E-state index contributed by atoms with van der Waals surface area (Å²) in [6.45, 7) is 10.2. The molecule has 0 atom stereocenters. The van der Waals surface area contributed by atoms with Crippen LogP contribution in [0.1, 0.15) is 52.5 Å². The summed E-state index contributed by atoms with van der Waals surface area (Å²) >= 11 is 0. The van der Waals surface area contributed by atoms with Gasteiger partial charge in [-0.25, -0.2) is 0 Å². The molecule has 0 radical (unpaired) electrons. The zero-order valence-electron chi connectivity index (χ0n) is 14.7. The highest BCUT2D eigenvalue weighted by Crippen LogP contribution is 2.37. The number of hydrogen-bond acceptors (Lipinski definition) is 3. The molecule has 1 saturated heterocycles. The number of carbonyl (C=O) groups excluding carboxylic acids is 1. The van der Waals surface area contributed by atoms with E-state index in [1.54, 1.807) is 0 Å². The molecule has 0 spiro atoms. The maximum absolute atomic E-state index is 12.1. The van der Waals surface area contributed by atoms with Gasteiger partial charge in [0.1, 0.15) is 0 Å². The molecule has 1 aliphatic heterocycles. The van der Waals surface area contributed by atoms with Crippen molar-refractivity contribution in [3.05, 3.63) is 23.8 Å². The Bertz CT molecular complexity index is 607. The molecule has 3 rings (SSSR count). The fourth-order valence-electron chi connectivity index (χ4n) is 2.80. The average molecular weight is 315 g/mol. The van der Waals surface area contributed by atoms with Crippen molar-refractivity contribution < 1.29 is 14.1 Å². The van der Waals surface area contributed by atoms with Gasteiger partial charge in [0.15, 0.2) is 0 Å². The largest absolute Gasteiger partial charge is 0.495 e. The van der Waals surface area contributed by atoms with Crippen LogP contribution in [0.15, 0.2) is 18.2 Å². The molecule has 5 heteroatoms. The van der Waals surface area contributed by atoms with Crippen molar-refractivity contribution >= 4 is 24.2 Å². The molecule has 1 amide bonds. The lowest BCUT2D eigenvalue weighted by molar-refractivity contribution is -0.116. The molecule has 2 fully saturated rings. The number of benzene rings is 1. The first kappa shape index (κ1) is 16.5. The van der Waals surface area contributed by atoms with E-state index < -0.39 is 7.12 Å². The minimum Gasteiger partial charge on any atom is -0.399 e. The summed E-state index contributed by atoms with van der Waals surface area (Å²) in [6.07, 6.45) is 2.99. The molecule has 2 aliphatic rings. The summed E-state index contributed by atoms with van der Waals surface area (Å²) in [5.41, 5.74) is 2.11. The SMILES string of the molecule is Cc1c(NC(=O)CC2CC2)cccc1B1OC(C)(C)C(C)(C)O1. The van der Waals surface area contributed by atoms with Gasteiger partial charge in [0.05, 0.1) is 11.2 Å². The summed E-state index contributed by atoms with van der Waals surface area (Å²) < 4.78 is 12.3. The lowest BCUT2D eigenvalue weighted by atomic mass is 9.76. The lowest BCUT2D eigenvalue weighted by Gasteiger charge is -2.32. The molecule has 1 aliphatic carbocycles. The number of anilines is 1. The van der Waals surface area contributed by atoms with Gasteiger partial charge in [-0.3, -0.25) is 4.79 Å². The van der Waals surface area contributed by atoms with Crippen LogP contribution in [-0.4, -0.2) is 24.2 Å². The summed E-state index contributed by atoms with van der Waals surface area (Å²) in [4.78, 5) is 12.1. The Balaban J connectivity index is 1.78. The highest BCUT2D eigenvalue weighted by molar-refractivity contribution is 6.62. The normalized spacial score (nSPS) is 22.2. The monoisotopic (exact) mass is 315 g/mol. The average Bonchev–Trinajstić information content (AvgIpc) is 3.19. The molecule has 1 aromatic carbocycles. The molecular formula is C18H26BNO3. The minimum atomic E-state index is -0.403. The molecule has 4 nitrogen and oxygen atoms in total. The van der Waals surface area contributed by atoms with Gasteiger partial charge < -0.3 is 14.6 Å². The molecule has 1 heterocycles. The van der Waals surface area contributed by atoms with Crippen molar-refractivity contribution in [2.24, 2.45) is 5.92 Å². The van der Waals surface area contributed by atoms with E-state index in [0.29, 0.717) is 12.3 Å². The summed E-state index contributed by atoms with van der Waals surface area (Å²) in [7, 11) is -0.403. The molecule has 0 unspecified atom stereocenters. The van der Waals surface area contributed by atoms with Crippen LogP contribution in [0, 0.1) is 12.8 Å². The molecule has 0 bridgehead atoms. The summed E-state index contributed by atoms with van der Waals surface area (Å²) in [5, 5.41) is 3.04. The van der Waals surface area contributed by atoms with Crippen molar-refractivity contribution in [3.8, 4) is 0 Å². The zero-order chi connectivity index (χ0) is 16.8. The number of carbonyl (C=O) groups is 1. The second-order valence-corrected chi connectivity index (χ2v) is 7.80. The third kappa shape index (κ3) is 3.31. The Morgan fingerprint density at radius 2 is 1.83 bits per heavy atom. The van der Waals surface area contributed by atoms with Gasteiger partial charge in [-0.2, -0.15) is 0 Å². The fourth-order valence-corrected chi connectivity index (χ4v) is 2.80. The summed E-state index contributed by atoms with van der Waals surface area (Å²) in [5.74, 6) is 0.684. The van der Waals surface area contributed by atoms with Gasteiger partial charge in [-0.05, 0) is 70.5 Å². The van der Waals surface area contributed by atoms with E-state index >= 15 is 0 Å². The van der Waals surface area contributed by atoms with Crippen LogP contribution in [0.3, 0.4) is 0 Å². The summed E-state index contributed by atoms with van der Waals surface area (Å²) in [6, 6.07) is 5.89. The van der Waals surface area contributed by atoms with Crippen molar-refractivity contribution in [1.82, 2.24) is 0 Å². The maximum Gasteiger partial charge on any atom is 0.495 e. The van der Waals surface area contributed by atoms with Crippen molar-refractivity contribution in [2.75, 3.05) is 5.32 Å². The third-order valence-corrected chi connectivity index (χ3v) is 5.33. The molecule has 0 aromatic heterocycles. The fraction of sp³-hybridized carbons (Fsp3) is 0.611. The Kier molecular flexibility index (Phi) is 4.05.